The van der Waals surface area contributed by atoms with Gasteiger partial charge in [0.05, 0.1) is 5.92 Å². The second-order valence-corrected chi connectivity index (χ2v) is 4.24. The van der Waals surface area contributed by atoms with Crippen LogP contribution in [0.15, 0.2) is 0 Å². The standard InChI is InChI=1S/C10H18F3N/c1-7(14-2)8-4-3-5-9(6-8)10(11,12)13/h7-9,14H,3-6H2,1-2H3. The van der Waals surface area contributed by atoms with Crippen molar-refractivity contribution in [3.8, 4) is 0 Å². The molecule has 0 aliphatic heterocycles. The average Bonchev–Trinajstić information content (AvgIpc) is 2.15. The Morgan fingerprint density at radius 2 is 1.93 bits per heavy atom. The minimum absolute atomic E-state index is 0.181. The van der Waals surface area contributed by atoms with Gasteiger partial charge in [0.15, 0.2) is 0 Å². The second kappa shape index (κ2) is 4.51. The Morgan fingerprint density at radius 1 is 1.29 bits per heavy atom. The van der Waals surface area contributed by atoms with E-state index in [0.717, 1.165) is 6.42 Å². The van der Waals surface area contributed by atoms with Crippen molar-refractivity contribution in [3.05, 3.63) is 0 Å². The molecule has 0 saturated heterocycles. The molecule has 3 atom stereocenters. The van der Waals surface area contributed by atoms with Gasteiger partial charge in [-0.25, -0.2) is 0 Å². The van der Waals surface area contributed by atoms with Gasteiger partial charge in [0.1, 0.15) is 0 Å². The van der Waals surface area contributed by atoms with Gasteiger partial charge < -0.3 is 5.32 Å². The predicted octanol–water partition coefficient (Wildman–Crippen LogP) is 2.96. The van der Waals surface area contributed by atoms with Gasteiger partial charge >= 0.3 is 6.18 Å². The third-order valence-electron chi connectivity index (χ3n) is 3.34. The maximum absolute atomic E-state index is 12.5. The highest BCUT2D eigenvalue weighted by Crippen LogP contribution is 2.40. The molecule has 1 aliphatic carbocycles. The highest BCUT2D eigenvalue weighted by molar-refractivity contribution is 4.82. The zero-order valence-corrected chi connectivity index (χ0v) is 8.69. The average molecular weight is 209 g/mol. The summed E-state index contributed by atoms with van der Waals surface area (Å²) in [7, 11) is 1.81. The Balaban J connectivity index is 2.52. The highest BCUT2D eigenvalue weighted by Gasteiger charge is 2.42. The highest BCUT2D eigenvalue weighted by atomic mass is 19.4. The van der Waals surface area contributed by atoms with Crippen molar-refractivity contribution in [1.29, 1.82) is 0 Å². The topological polar surface area (TPSA) is 12.0 Å². The molecule has 1 nitrogen and oxygen atoms in total. The molecule has 0 radical (unpaired) electrons. The fraction of sp³-hybridized carbons (Fsp3) is 1.00. The first-order valence-electron chi connectivity index (χ1n) is 5.19. The van der Waals surface area contributed by atoms with Crippen LogP contribution >= 0.6 is 0 Å². The first-order chi connectivity index (χ1) is 6.45. The van der Waals surface area contributed by atoms with Gasteiger partial charge in [-0.1, -0.05) is 6.42 Å². The number of hydrogen-bond acceptors (Lipinski definition) is 1. The van der Waals surface area contributed by atoms with Crippen LogP contribution in [0.3, 0.4) is 0 Å². The van der Waals surface area contributed by atoms with Crippen LogP contribution in [-0.2, 0) is 0 Å². The molecule has 3 unspecified atom stereocenters. The van der Waals surface area contributed by atoms with Gasteiger partial charge in [0.25, 0.3) is 0 Å². The van der Waals surface area contributed by atoms with Crippen LogP contribution in [0, 0.1) is 11.8 Å². The molecule has 1 fully saturated rings. The van der Waals surface area contributed by atoms with E-state index in [1.807, 2.05) is 14.0 Å². The van der Waals surface area contributed by atoms with Gasteiger partial charge in [0.2, 0.25) is 0 Å². The number of hydrogen-bond donors (Lipinski definition) is 1. The Hall–Kier alpha value is -0.250. The van der Waals surface area contributed by atoms with E-state index in [-0.39, 0.29) is 12.0 Å². The molecule has 14 heavy (non-hydrogen) atoms. The van der Waals surface area contributed by atoms with Crippen molar-refractivity contribution in [2.45, 2.75) is 44.8 Å². The van der Waals surface area contributed by atoms with Crippen molar-refractivity contribution in [3.63, 3.8) is 0 Å². The number of nitrogens with one attached hydrogen (secondary N) is 1. The summed E-state index contributed by atoms with van der Waals surface area (Å²) in [6, 6.07) is 0.195. The van der Waals surface area contributed by atoms with Crippen LogP contribution in [0.25, 0.3) is 0 Å². The van der Waals surface area contributed by atoms with Crippen LogP contribution in [0.1, 0.15) is 32.6 Å². The van der Waals surface area contributed by atoms with Crippen molar-refractivity contribution in [2.75, 3.05) is 7.05 Å². The lowest BCUT2D eigenvalue weighted by Gasteiger charge is -2.33. The molecule has 0 aromatic carbocycles. The van der Waals surface area contributed by atoms with E-state index in [0.29, 0.717) is 19.3 Å². The lowest BCUT2D eigenvalue weighted by molar-refractivity contribution is -0.186. The van der Waals surface area contributed by atoms with E-state index in [1.165, 1.54) is 0 Å². The quantitative estimate of drug-likeness (QED) is 0.737. The Morgan fingerprint density at radius 3 is 2.43 bits per heavy atom. The lowest BCUT2D eigenvalue weighted by atomic mass is 9.78. The van der Waals surface area contributed by atoms with Crippen LogP contribution < -0.4 is 5.32 Å². The largest absolute Gasteiger partial charge is 0.391 e. The molecule has 0 aromatic heterocycles. The number of rotatable bonds is 2. The first-order valence-corrected chi connectivity index (χ1v) is 5.19. The molecule has 0 bridgehead atoms. The zero-order chi connectivity index (χ0) is 10.8. The van der Waals surface area contributed by atoms with Crippen LogP contribution in [-0.4, -0.2) is 19.3 Å². The van der Waals surface area contributed by atoms with E-state index in [1.54, 1.807) is 0 Å². The van der Waals surface area contributed by atoms with Gasteiger partial charge in [-0.05, 0) is 39.2 Å². The summed E-state index contributed by atoms with van der Waals surface area (Å²) in [6.45, 7) is 1.96. The molecule has 84 valence electrons. The Bertz CT molecular complexity index is 179. The molecule has 1 rings (SSSR count). The third kappa shape index (κ3) is 2.87. The fourth-order valence-corrected chi connectivity index (χ4v) is 2.21. The number of alkyl halides is 3. The second-order valence-electron chi connectivity index (χ2n) is 4.24. The summed E-state index contributed by atoms with van der Waals surface area (Å²) in [5.41, 5.74) is 0. The molecule has 0 aromatic rings. The Kier molecular flexibility index (Phi) is 3.81. The third-order valence-corrected chi connectivity index (χ3v) is 3.34. The van der Waals surface area contributed by atoms with E-state index in [2.05, 4.69) is 5.32 Å². The minimum atomic E-state index is -3.99. The van der Waals surface area contributed by atoms with E-state index < -0.39 is 12.1 Å². The fourth-order valence-electron chi connectivity index (χ4n) is 2.21. The normalized spacial score (nSPS) is 31.5. The van der Waals surface area contributed by atoms with Crippen LogP contribution in [0.2, 0.25) is 0 Å². The molecule has 0 amide bonds. The van der Waals surface area contributed by atoms with E-state index in [9.17, 15) is 13.2 Å². The van der Waals surface area contributed by atoms with Gasteiger partial charge in [-0.2, -0.15) is 13.2 Å². The van der Waals surface area contributed by atoms with Crippen molar-refractivity contribution in [1.82, 2.24) is 5.32 Å². The SMILES string of the molecule is CNC(C)C1CCCC(C(F)(F)F)C1. The van der Waals surface area contributed by atoms with Gasteiger partial charge in [-0.15, -0.1) is 0 Å². The predicted molar refractivity (Wildman–Crippen MR) is 50.0 cm³/mol. The first kappa shape index (κ1) is 11.8. The van der Waals surface area contributed by atoms with Crippen molar-refractivity contribution in [2.24, 2.45) is 11.8 Å². The van der Waals surface area contributed by atoms with Crippen LogP contribution in [0.4, 0.5) is 13.2 Å². The monoisotopic (exact) mass is 209 g/mol. The lowest BCUT2D eigenvalue weighted by Crippen LogP contribution is -2.37. The summed E-state index contributed by atoms with van der Waals surface area (Å²) < 4.78 is 37.4. The van der Waals surface area contributed by atoms with Gasteiger partial charge in [0, 0.05) is 6.04 Å². The summed E-state index contributed by atoms with van der Waals surface area (Å²) in [6.07, 6.45) is -1.75. The van der Waals surface area contributed by atoms with Crippen LogP contribution in [0.5, 0.6) is 0 Å². The molecular formula is C10H18F3N. The van der Waals surface area contributed by atoms with E-state index in [4.69, 9.17) is 0 Å². The molecule has 1 saturated carbocycles. The molecular weight excluding hydrogens is 191 g/mol. The maximum Gasteiger partial charge on any atom is 0.391 e. The summed E-state index contributed by atoms with van der Waals surface area (Å²) >= 11 is 0. The summed E-state index contributed by atoms with van der Waals surface area (Å²) in [5, 5.41) is 3.04. The summed E-state index contributed by atoms with van der Waals surface area (Å²) in [4.78, 5) is 0. The van der Waals surface area contributed by atoms with Gasteiger partial charge in [-0.3, -0.25) is 0 Å². The smallest absolute Gasteiger partial charge is 0.317 e. The molecule has 0 spiro atoms. The molecule has 1 aliphatic rings. The maximum atomic E-state index is 12.5. The molecule has 0 heterocycles. The van der Waals surface area contributed by atoms with Crippen molar-refractivity contribution >= 4 is 0 Å². The van der Waals surface area contributed by atoms with E-state index >= 15 is 0 Å². The zero-order valence-electron chi connectivity index (χ0n) is 8.69. The molecule has 4 heteroatoms. The summed E-state index contributed by atoms with van der Waals surface area (Å²) in [5.74, 6) is -0.891. The number of halogens is 3. The minimum Gasteiger partial charge on any atom is -0.317 e. The Labute approximate surface area is 83.1 Å². The van der Waals surface area contributed by atoms with Crippen molar-refractivity contribution < 1.29 is 13.2 Å². The molecule has 1 N–H and O–H groups in total.